The number of rotatable bonds is 6. The molecule has 0 bridgehead atoms. The van der Waals surface area contributed by atoms with Gasteiger partial charge < -0.3 is 9.47 Å². The van der Waals surface area contributed by atoms with Crippen LogP contribution in [0.4, 0.5) is 0 Å². The van der Waals surface area contributed by atoms with Crippen molar-refractivity contribution in [1.29, 1.82) is 0 Å². The SMILES string of the molecule is COc1ccc(-c2cc(=S)n(Cc3ccccc3)nc2-c2ccc(OC)cc2)cc1. The molecular formula is C25H22N2O2S. The van der Waals surface area contributed by atoms with Crippen LogP contribution in [-0.2, 0) is 6.54 Å². The van der Waals surface area contributed by atoms with Crippen LogP contribution in [0.2, 0.25) is 0 Å². The molecule has 5 heteroatoms. The van der Waals surface area contributed by atoms with Crippen LogP contribution in [0.15, 0.2) is 84.9 Å². The standard InChI is InChI=1S/C25H22N2O2S/c1-28-21-12-8-19(9-13-21)23-16-24(30)27(17-18-6-4-3-5-7-18)26-25(23)20-10-14-22(29-2)15-11-20/h3-16H,17H2,1-2H3. The van der Waals surface area contributed by atoms with Crippen LogP contribution in [0.1, 0.15) is 5.56 Å². The van der Waals surface area contributed by atoms with E-state index >= 15 is 0 Å². The summed E-state index contributed by atoms with van der Waals surface area (Å²) in [7, 11) is 3.32. The maximum absolute atomic E-state index is 5.69. The Morgan fingerprint density at radius 2 is 1.33 bits per heavy atom. The summed E-state index contributed by atoms with van der Waals surface area (Å²) in [6, 6.07) is 28.1. The third kappa shape index (κ3) is 4.26. The number of nitrogens with zero attached hydrogens (tertiary/aromatic N) is 2. The highest BCUT2D eigenvalue weighted by Gasteiger charge is 2.13. The van der Waals surface area contributed by atoms with Crippen molar-refractivity contribution >= 4 is 12.2 Å². The van der Waals surface area contributed by atoms with Crippen molar-refractivity contribution < 1.29 is 9.47 Å². The van der Waals surface area contributed by atoms with Gasteiger partial charge in [0.2, 0.25) is 0 Å². The summed E-state index contributed by atoms with van der Waals surface area (Å²) in [5.41, 5.74) is 5.04. The molecule has 3 aromatic carbocycles. The molecular weight excluding hydrogens is 392 g/mol. The molecule has 30 heavy (non-hydrogen) atoms. The Bertz CT molecular complexity index is 1180. The van der Waals surface area contributed by atoms with Crippen molar-refractivity contribution in [3.8, 4) is 33.9 Å². The molecule has 0 amide bonds. The molecule has 0 unspecified atom stereocenters. The van der Waals surface area contributed by atoms with Crippen LogP contribution in [0.5, 0.6) is 11.5 Å². The van der Waals surface area contributed by atoms with Crippen LogP contribution >= 0.6 is 12.2 Å². The van der Waals surface area contributed by atoms with E-state index in [4.69, 9.17) is 26.8 Å². The Kier molecular flexibility index (Phi) is 5.91. The van der Waals surface area contributed by atoms with E-state index in [-0.39, 0.29) is 0 Å². The number of benzene rings is 3. The fraction of sp³-hybridized carbons (Fsp3) is 0.120. The summed E-state index contributed by atoms with van der Waals surface area (Å²) >= 11 is 5.69. The average Bonchev–Trinajstić information content (AvgIpc) is 2.81. The molecule has 0 saturated heterocycles. The third-order valence-electron chi connectivity index (χ3n) is 4.94. The lowest BCUT2D eigenvalue weighted by Crippen LogP contribution is -2.09. The van der Waals surface area contributed by atoms with Gasteiger partial charge in [-0.1, -0.05) is 54.7 Å². The molecule has 0 atom stereocenters. The van der Waals surface area contributed by atoms with Crippen molar-refractivity contribution in [2.24, 2.45) is 0 Å². The minimum absolute atomic E-state index is 0.617. The van der Waals surface area contributed by atoms with Crippen LogP contribution in [0, 0.1) is 4.64 Å². The van der Waals surface area contributed by atoms with E-state index in [9.17, 15) is 0 Å². The first kappa shape index (κ1) is 19.9. The highest BCUT2D eigenvalue weighted by Crippen LogP contribution is 2.32. The second-order valence-corrected chi connectivity index (χ2v) is 7.26. The molecule has 4 aromatic rings. The van der Waals surface area contributed by atoms with E-state index in [0.717, 1.165) is 39.4 Å². The fourth-order valence-electron chi connectivity index (χ4n) is 3.31. The highest BCUT2D eigenvalue weighted by molar-refractivity contribution is 7.71. The zero-order valence-corrected chi connectivity index (χ0v) is 17.7. The Morgan fingerprint density at radius 1 is 0.767 bits per heavy atom. The Hall–Kier alpha value is -3.44. The minimum Gasteiger partial charge on any atom is -0.497 e. The Labute approximate surface area is 181 Å². The second kappa shape index (κ2) is 8.93. The van der Waals surface area contributed by atoms with E-state index in [2.05, 4.69) is 12.1 Å². The van der Waals surface area contributed by atoms with Gasteiger partial charge in [-0.15, -0.1) is 0 Å². The van der Waals surface area contributed by atoms with E-state index in [1.54, 1.807) is 14.2 Å². The maximum atomic E-state index is 5.69. The van der Waals surface area contributed by atoms with Crippen molar-refractivity contribution in [3.63, 3.8) is 0 Å². The molecule has 1 heterocycles. The Morgan fingerprint density at radius 3 is 1.90 bits per heavy atom. The number of ether oxygens (including phenoxy) is 2. The van der Waals surface area contributed by atoms with Gasteiger partial charge in [-0.3, -0.25) is 0 Å². The van der Waals surface area contributed by atoms with Gasteiger partial charge in [-0.25, -0.2) is 4.68 Å². The average molecular weight is 415 g/mol. The summed E-state index contributed by atoms with van der Waals surface area (Å²) < 4.78 is 13.2. The normalized spacial score (nSPS) is 10.6. The smallest absolute Gasteiger partial charge is 0.123 e. The Balaban J connectivity index is 1.85. The molecule has 0 aliphatic carbocycles. The van der Waals surface area contributed by atoms with Gasteiger partial charge in [-0.2, -0.15) is 5.10 Å². The van der Waals surface area contributed by atoms with E-state index in [0.29, 0.717) is 11.2 Å². The summed E-state index contributed by atoms with van der Waals surface area (Å²) in [5, 5.41) is 4.95. The van der Waals surface area contributed by atoms with Crippen molar-refractivity contribution in [1.82, 2.24) is 9.78 Å². The first-order valence-electron chi connectivity index (χ1n) is 9.63. The van der Waals surface area contributed by atoms with Crippen molar-refractivity contribution in [2.75, 3.05) is 14.2 Å². The molecule has 0 fully saturated rings. The van der Waals surface area contributed by atoms with Crippen LogP contribution in [0.3, 0.4) is 0 Å². The number of aromatic nitrogens is 2. The number of hydrogen-bond acceptors (Lipinski definition) is 4. The molecule has 0 N–H and O–H groups in total. The quantitative estimate of drug-likeness (QED) is 0.362. The first-order valence-corrected chi connectivity index (χ1v) is 10.0. The monoisotopic (exact) mass is 414 g/mol. The van der Waals surface area contributed by atoms with Gasteiger partial charge in [0.15, 0.2) is 0 Å². The number of hydrogen-bond donors (Lipinski definition) is 0. The molecule has 0 saturated carbocycles. The summed E-state index contributed by atoms with van der Waals surface area (Å²) in [6.45, 7) is 0.617. The predicted molar refractivity (Wildman–Crippen MR) is 123 cm³/mol. The molecule has 4 nitrogen and oxygen atoms in total. The summed E-state index contributed by atoms with van der Waals surface area (Å²) in [4.78, 5) is 0. The molecule has 0 aliphatic heterocycles. The van der Waals surface area contributed by atoms with Gasteiger partial charge in [-0.05, 0) is 53.6 Å². The molecule has 0 spiro atoms. The molecule has 1 aromatic heterocycles. The van der Waals surface area contributed by atoms with Gasteiger partial charge >= 0.3 is 0 Å². The molecule has 150 valence electrons. The lowest BCUT2D eigenvalue weighted by atomic mass is 10.00. The van der Waals surface area contributed by atoms with E-state index in [1.807, 2.05) is 77.5 Å². The fourth-order valence-corrected chi connectivity index (χ4v) is 3.54. The summed E-state index contributed by atoms with van der Waals surface area (Å²) in [5.74, 6) is 1.62. The van der Waals surface area contributed by atoms with Crippen LogP contribution < -0.4 is 9.47 Å². The topological polar surface area (TPSA) is 36.3 Å². The van der Waals surface area contributed by atoms with E-state index in [1.165, 1.54) is 0 Å². The number of methoxy groups -OCH3 is 2. The third-order valence-corrected chi connectivity index (χ3v) is 5.27. The zero-order valence-electron chi connectivity index (χ0n) is 16.9. The van der Waals surface area contributed by atoms with E-state index < -0.39 is 0 Å². The van der Waals surface area contributed by atoms with Gasteiger partial charge in [0, 0.05) is 11.1 Å². The van der Waals surface area contributed by atoms with Crippen LogP contribution in [0.25, 0.3) is 22.4 Å². The van der Waals surface area contributed by atoms with Crippen molar-refractivity contribution in [3.05, 3.63) is 95.1 Å². The molecule has 0 aliphatic rings. The lowest BCUT2D eigenvalue weighted by molar-refractivity contribution is 0.414. The molecule has 0 radical (unpaired) electrons. The van der Waals surface area contributed by atoms with Crippen molar-refractivity contribution in [2.45, 2.75) is 6.54 Å². The minimum atomic E-state index is 0.617. The second-order valence-electron chi connectivity index (χ2n) is 6.85. The highest BCUT2D eigenvalue weighted by atomic mass is 32.1. The van der Waals surface area contributed by atoms with Gasteiger partial charge in [0.05, 0.1) is 26.5 Å². The predicted octanol–water partition coefficient (Wildman–Crippen LogP) is 6.01. The largest absolute Gasteiger partial charge is 0.497 e. The summed E-state index contributed by atoms with van der Waals surface area (Å²) in [6.07, 6.45) is 0. The lowest BCUT2D eigenvalue weighted by Gasteiger charge is -2.15. The molecule has 4 rings (SSSR count). The maximum Gasteiger partial charge on any atom is 0.123 e. The zero-order chi connectivity index (χ0) is 20.9. The van der Waals surface area contributed by atoms with Gasteiger partial charge in [0.25, 0.3) is 0 Å². The van der Waals surface area contributed by atoms with Gasteiger partial charge in [0.1, 0.15) is 16.1 Å². The first-order chi connectivity index (χ1) is 14.7. The van der Waals surface area contributed by atoms with Crippen LogP contribution in [-0.4, -0.2) is 24.0 Å².